The first kappa shape index (κ1) is 25.6. The minimum Gasteiger partial charge on any atom is -0.368 e. The van der Waals surface area contributed by atoms with E-state index in [-0.39, 0.29) is 23.2 Å². The van der Waals surface area contributed by atoms with Crippen LogP contribution in [0.15, 0.2) is 53.6 Å². The molecule has 0 aliphatic carbocycles. The van der Waals surface area contributed by atoms with Crippen LogP contribution >= 0.6 is 0 Å². The summed E-state index contributed by atoms with van der Waals surface area (Å²) in [6.07, 6.45) is -17.6. The molecule has 0 aliphatic rings. The second kappa shape index (κ2) is 8.39. The van der Waals surface area contributed by atoms with E-state index in [0.717, 1.165) is 0 Å². The summed E-state index contributed by atoms with van der Waals surface area (Å²) in [4.78, 5) is 2.59. The number of rotatable bonds is 2. The van der Waals surface area contributed by atoms with Gasteiger partial charge in [0.25, 0.3) is 5.60 Å². The number of halogens is 9. The molecule has 1 aromatic heterocycles. The average molecular weight is 470 g/mol. The van der Waals surface area contributed by atoms with E-state index in [2.05, 4.69) is 4.98 Å². The van der Waals surface area contributed by atoms with Gasteiger partial charge in [-0.3, -0.25) is 4.98 Å². The Balaban J connectivity index is 0.000000375. The maximum Gasteiger partial charge on any atom is 0.432 e. The highest BCUT2D eigenvalue weighted by atomic mass is 32.2. The summed E-state index contributed by atoms with van der Waals surface area (Å²) in [6, 6.07) is 7.67. The number of hydrogen-bond donors (Lipinski definition) is 2. The maximum atomic E-state index is 12.4. The summed E-state index contributed by atoms with van der Waals surface area (Å²) in [6.45, 7) is 0. The summed E-state index contributed by atoms with van der Waals surface area (Å²) < 4.78 is 132. The topological polar surface area (TPSA) is 93.3 Å². The van der Waals surface area contributed by atoms with Crippen molar-refractivity contribution in [3.63, 3.8) is 0 Å². The van der Waals surface area contributed by atoms with Gasteiger partial charge < -0.3 is 5.11 Å². The minimum atomic E-state index is -6.20. The Morgan fingerprint density at radius 1 is 0.800 bits per heavy atom. The van der Waals surface area contributed by atoms with E-state index in [1.54, 1.807) is 18.2 Å². The smallest absolute Gasteiger partial charge is 0.368 e. The molecule has 0 spiro atoms. The zero-order valence-corrected chi connectivity index (χ0v) is 15.0. The minimum absolute atomic E-state index is 0.0369. The molecule has 2 rings (SSSR count). The maximum absolute atomic E-state index is 12.4. The van der Waals surface area contributed by atoms with Crippen LogP contribution in [0.25, 0.3) is 0 Å². The normalized spacial score (nSPS) is 13.4. The number of benzene rings is 1. The number of nitrogens with zero attached hydrogens (tertiary/aromatic N) is 1. The number of sulfonamides is 1. The Kier molecular flexibility index (Phi) is 7.17. The van der Waals surface area contributed by atoms with Gasteiger partial charge in [-0.25, -0.2) is 13.6 Å². The number of alkyl halides is 9. The van der Waals surface area contributed by atoms with E-state index in [0.29, 0.717) is 0 Å². The Morgan fingerprint density at radius 3 is 1.53 bits per heavy atom. The molecule has 5 nitrogen and oxygen atoms in total. The van der Waals surface area contributed by atoms with E-state index in [9.17, 15) is 47.9 Å². The number of aromatic nitrogens is 1. The Morgan fingerprint density at radius 2 is 1.27 bits per heavy atom. The second-order valence-electron chi connectivity index (χ2n) is 5.49. The van der Waals surface area contributed by atoms with E-state index in [1.165, 1.54) is 12.1 Å². The quantitative estimate of drug-likeness (QED) is 0.654. The van der Waals surface area contributed by atoms with E-state index < -0.39 is 45.4 Å². The van der Waals surface area contributed by atoms with Crippen LogP contribution < -0.4 is 5.14 Å². The fourth-order valence-electron chi connectivity index (χ4n) is 1.84. The van der Waals surface area contributed by atoms with Crippen LogP contribution in [0.1, 0.15) is 11.3 Å². The monoisotopic (exact) mass is 470 g/mol. The van der Waals surface area contributed by atoms with Crippen molar-refractivity contribution >= 4 is 10.0 Å². The van der Waals surface area contributed by atoms with Crippen molar-refractivity contribution in [3.8, 4) is 0 Å². The predicted molar refractivity (Wildman–Crippen MR) is 83.1 cm³/mol. The van der Waals surface area contributed by atoms with Gasteiger partial charge in [0.15, 0.2) is 0 Å². The molecule has 0 amide bonds. The van der Waals surface area contributed by atoms with Crippen molar-refractivity contribution < 1.29 is 53.0 Å². The number of nitrogens with two attached hydrogens (primary N) is 1. The van der Waals surface area contributed by atoms with Crippen LogP contribution in [0.2, 0.25) is 0 Å². The molecule has 3 N–H and O–H groups in total. The third kappa shape index (κ3) is 5.82. The molecule has 30 heavy (non-hydrogen) atoms. The molecule has 2 aromatic rings. The molecular weight excluding hydrogens is 459 g/mol. The van der Waals surface area contributed by atoms with Gasteiger partial charge in [-0.05, 0) is 24.3 Å². The van der Waals surface area contributed by atoms with E-state index in [4.69, 9.17) is 10.2 Å². The molecule has 0 unspecified atom stereocenters. The molecule has 0 radical (unpaired) electrons. The highest BCUT2D eigenvalue weighted by molar-refractivity contribution is 7.89. The Hall–Kier alpha value is -2.39. The average Bonchev–Trinajstić information content (AvgIpc) is 2.59. The molecule has 0 saturated heterocycles. The second-order valence-corrected chi connectivity index (χ2v) is 7.06. The molecule has 0 atom stereocenters. The van der Waals surface area contributed by atoms with Crippen molar-refractivity contribution in [2.75, 3.05) is 0 Å². The van der Waals surface area contributed by atoms with Crippen LogP contribution in [-0.2, 0) is 21.8 Å². The van der Waals surface area contributed by atoms with Gasteiger partial charge in [0.1, 0.15) is 0 Å². The lowest BCUT2D eigenvalue weighted by molar-refractivity contribution is -0.377. The first-order valence-corrected chi connectivity index (χ1v) is 8.84. The van der Waals surface area contributed by atoms with Crippen molar-refractivity contribution in [2.45, 2.75) is 29.0 Å². The highest BCUT2D eigenvalue weighted by Gasteiger charge is 2.72. The third-order valence-electron chi connectivity index (χ3n) is 3.35. The lowest BCUT2D eigenvalue weighted by Crippen LogP contribution is -2.54. The molecule has 0 fully saturated rings. The van der Waals surface area contributed by atoms with E-state index >= 15 is 0 Å². The molecular formula is C15H11F9N2O3S. The van der Waals surface area contributed by atoms with Crippen LogP contribution in [0.3, 0.4) is 0 Å². The highest BCUT2D eigenvalue weighted by Crippen LogP contribution is 2.49. The molecule has 0 aliphatic heterocycles. The van der Waals surface area contributed by atoms with Crippen LogP contribution in [0.5, 0.6) is 0 Å². The van der Waals surface area contributed by atoms with Crippen molar-refractivity contribution in [1.29, 1.82) is 0 Å². The number of hydrogen-bond acceptors (Lipinski definition) is 4. The number of aliphatic hydroxyl groups is 1. The molecule has 1 aromatic carbocycles. The number of pyridine rings is 1. The summed E-state index contributed by atoms with van der Waals surface area (Å²) in [5.41, 5.74) is -8.89. The predicted octanol–water partition coefficient (Wildman–Crippen LogP) is 3.75. The van der Waals surface area contributed by atoms with Crippen LogP contribution in [-0.4, -0.2) is 30.9 Å². The summed E-state index contributed by atoms with van der Waals surface area (Å²) in [5.74, 6) is 0. The molecule has 0 bridgehead atoms. The molecule has 168 valence electrons. The van der Waals surface area contributed by atoms with Gasteiger partial charge in [-0.2, -0.15) is 39.5 Å². The van der Waals surface area contributed by atoms with Crippen molar-refractivity contribution in [1.82, 2.24) is 4.98 Å². The summed E-state index contributed by atoms with van der Waals surface area (Å²) >= 11 is 0. The van der Waals surface area contributed by atoms with Gasteiger partial charge in [0, 0.05) is 6.20 Å². The number of primary sulfonamides is 1. The zero-order chi connectivity index (χ0) is 23.6. The van der Waals surface area contributed by atoms with Gasteiger partial charge in [-0.1, -0.05) is 18.2 Å². The van der Waals surface area contributed by atoms with Gasteiger partial charge >= 0.3 is 18.5 Å². The third-order valence-corrected chi connectivity index (χ3v) is 4.28. The standard InChI is InChI=1S/C9H4F9NO.C6H7NO2S/c10-7(11,12)4-1-2-5(19-3-4)6(20,8(13,14)15)9(16,17)18;7-10(8,9)6-4-2-1-3-5-6/h1-3,20H;1-5H,(H2,7,8,9). The fourth-order valence-corrected chi connectivity index (χ4v) is 2.37. The zero-order valence-electron chi connectivity index (χ0n) is 14.2. The van der Waals surface area contributed by atoms with Crippen LogP contribution in [0, 0.1) is 0 Å². The lowest BCUT2D eigenvalue weighted by Gasteiger charge is -2.31. The van der Waals surface area contributed by atoms with E-state index in [1.807, 2.05) is 0 Å². The van der Waals surface area contributed by atoms with Crippen molar-refractivity contribution in [2.24, 2.45) is 5.14 Å². The molecule has 1 heterocycles. The SMILES string of the molecule is NS(=O)(=O)c1ccccc1.OC(c1ccc(C(F)(F)F)cn1)(C(F)(F)F)C(F)(F)F. The molecule has 15 heteroatoms. The first-order valence-electron chi connectivity index (χ1n) is 7.29. The van der Waals surface area contributed by atoms with Gasteiger partial charge in [-0.15, -0.1) is 0 Å². The fraction of sp³-hybridized carbons (Fsp3) is 0.267. The largest absolute Gasteiger partial charge is 0.432 e. The first-order chi connectivity index (χ1) is 13.3. The summed E-state index contributed by atoms with van der Waals surface area (Å²) in [7, 11) is -3.50. The van der Waals surface area contributed by atoms with Gasteiger partial charge in [0.2, 0.25) is 10.0 Å². The Bertz CT molecular complexity index is 925. The van der Waals surface area contributed by atoms with Crippen molar-refractivity contribution in [3.05, 3.63) is 59.9 Å². The lowest BCUT2D eigenvalue weighted by atomic mass is 9.97. The summed E-state index contributed by atoms with van der Waals surface area (Å²) in [5, 5.41) is 13.7. The molecule has 0 saturated carbocycles. The van der Waals surface area contributed by atoms with Crippen LogP contribution in [0.4, 0.5) is 39.5 Å². The Labute approximate surface area is 163 Å². The van der Waals surface area contributed by atoms with Gasteiger partial charge in [0.05, 0.1) is 16.2 Å².